The van der Waals surface area contributed by atoms with Crippen molar-refractivity contribution in [2.75, 3.05) is 0 Å². The molecule has 0 saturated carbocycles. The zero-order chi connectivity index (χ0) is 19.3. The molecule has 0 N–H and O–H groups in total. The summed E-state index contributed by atoms with van der Waals surface area (Å²) in [7, 11) is 0. The van der Waals surface area contributed by atoms with Gasteiger partial charge in [0.15, 0.2) is 0 Å². The van der Waals surface area contributed by atoms with Gasteiger partial charge in [-0.15, -0.1) is 0 Å². The predicted molar refractivity (Wildman–Crippen MR) is 100 cm³/mol. The minimum Gasteiger partial charge on any atom is -0.457 e. The second-order valence-electron chi connectivity index (χ2n) is 8.67. The van der Waals surface area contributed by atoms with Crippen molar-refractivity contribution in [2.24, 2.45) is 0 Å². The molecule has 2 aromatic rings. The van der Waals surface area contributed by atoms with E-state index in [0.717, 1.165) is 16.9 Å². The van der Waals surface area contributed by atoms with Crippen molar-refractivity contribution in [3.8, 4) is 11.5 Å². The number of hydrogen-bond donors (Lipinski definition) is 0. The molecule has 4 nitrogen and oxygen atoms in total. The van der Waals surface area contributed by atoms with E-state index in [-0.39, 0.29) is 22.0 Å². The highest BCUT2D eigenvalue weighted by Gasteiger charge is 2.31. The first-order valence-electron chi connectivity index (χ1n) is 8.71. The molecule has 0 aliphatic carbocycles. The summed E-state index contributed by atoms with van der Waals surface area (Å²) in [4.78, 5) is 23.5. The number of hydrogen-bond acceptors (Lipinski definition) is 4. The van der Waals surface area contributed by atoms with Crippen molar-refractivity contribution < 1.29 is 19.1 Å². The van der Waals surface area contributed by atoms with E-state index < -0.39 is 11.9 Å². The zero-order valence-electron chi connectivity index (χ0n) is 16.1. The van der Waals surface area contributed by atoms with Crippen LogP contribution in [0.3, 0.4) is 0 Å². The minimum atomic E-state index is -0.629. The van der Waals surface area contributed by atoms with Gasteiger partial charge in [-0.3, -0.25) is 0 Å². The molecule has 1 heterocycles. The zero-order valence-corrected chi connectivity index (χ0v) is 16.1. The molecule has 26 heavy (non-hydrogen) atoms. The first-order valence-corrected chi connectivity index (χ1v) is 8.71. The second kappa shape index (κ2) is 5.97. The number of rotatable bonds is 2. The Hall–Kier alpha value is -2.62. The summed E-state index contributed by atoms with van der Waals surface area (Å²) in [6.45, 7) is 12.8. The smallest absolute Gasteiger partial charge is 0.347 e. The van der Waals surface area contributed by atoms with Crippen LogP contribution in [0.2, 0.25) is 0 Å². The Labute approximate surface area is 154 Å². The number of esters is 2. The van der Waals surface area contributed by atoms with Gasteiger partial charge in [-0.25, -0.2) is 9.59 Å². The van der Waals surface area contributed by atoms with Crippen LogP contribution in [0.5, 0.6) is 11.5 Å². The minimum absolute atomic E-state index is 0.109. The maximum atomic E-state index is 11.8. The summed E-state index contributed by atoms with van der Waals surface area (Å²) in [6.07, 6.45) is 0. The normalized spacial score (nSPS) is 14.2. The quantitative estimate of drug-likeness (QED) is 0.537. The molecule has 1 aliphatic heterocycles. The first kappa shape index (κ1) is 18.2. The molecule has 0 aromatic heterocycles. The number of ether oxygens (including phenoxy) is 2. The van der Waals surface area contributed by atoms with E-state index in [2.05, 4.69) is 58.4 Å². The first-order chi connectivity index (χ1) is 12.0. The molecule has 0 amide bonds. The van der Waals surface area contributed by atoms with Gasteiger partial charge in [0.1, 0.15) is 11.5 Å². The highest BCUT2D eigenvalue weighted by Crippen LogP contribution is 2.42. The Morgan fingerprint density at radius 1 is 0.769 bits per heavy atom. The van der Waals surface area contributed by atoms with Crippen LogP contribution < -0.4 is 4.74 Å². The van der Waals surface area contributed by atoms with E-state index in [9.17, 15) is 9.59 Å². The molecule has 4 heteroatoms. The molecule has 0 fully saturated rings. The van der Waals surface area contributed by atoms with Gasteiger partial charge in [0.25, 0.3) is 0 Å². The average molecular weight is 352 g/mol. The van der Waals surface area contributed by atoms with E-state index in [4.69, 9.17) is 4.74 Å². The van der Waals surface area contributed by atoms with Crippen LogP contribution in [0.25, 0.3) is 0 Å². The summed E-state index contributed by atoms with van der Waals surface area (Å²) in [6, 6.07) is 11.0. The van der Waals surface area contributed by atoms with Gasteiger partial charge in [-0.1, -0.05) is 59.7 Å². The molecule has 2 aromatic carbocycles. The molecule has 1 aliphatic rings. The van der Waals surface area contributed by atoms with Gasteiger partial charge in [0.2, 0.25) is 0 Å². The SMILES string of the molecule is CC(C)(C)c1cccc(C(C)(C)C)c1Oc1ccc2c(c1)C(=O)OC2=O. The number of fused-ring (bicyclic) bond motifs is 1. The van der Waals surface area contributed by atoms with Crippen LogP contribution in [-0.4, -0.2) is 11.9 Å². The number of benzene rings is 2. The van der Waals surface area contributed by atoms with Crippen molar-refractivity contribution in [2.45, 2.75) is 52.4 Å². The molecule has 136 valence electrons. The fraction of sp³-hybridized carbons (Fsp3) is 0.364. The summed E-state index contributed by atoms with van der Waals surface area (Å²) in [5, 5.41) is 0. The summed E-state index contributed by atoms with van der Waals surface area (Å²) in [5.41, 5.74) is 2.48. The molecule has 0 unspecified atom stereocenters. The van der Waals surface area contributed by atoms with Crippen LogP contribution in [0.15, 0.2) is 36.4 Å². The average Bonchev–Trinajstić information content (AvgIpc) is 2.80. The number of carbonyl (C=O) groups excluding carboxylic acids is 2. The van der Waals surface area contributed by atoms with Crippen molar-refractivity contribution in [1.29, 1.82) is 0 Å². The molecule has 3 rings (SSSR count). The third kappa shape index (κ3) is 3.24. The monoisotopic (exact) mass is 352 g/mol. The summed E-state index contributed by atoms with van der Waals surface area (Å²) >= 11 is 0. The fourth-order valence-corrected chi connectivity index (χ4v) is 3.07. The van der Waals surface area contributed by atoms with Gasteiger partial charge < -0.3 is 9.47 Å². The fourth-order valence-electron chi connectivity index (χ4n) is 3.07. The van der Waals surface area contributed by atoms with Gasteiger partial charge >= 0.3 is 11.9 Å². The third-order valence-electron chi connectivity index (χ3n) is 4.47. The number of para-hydroxylation sites is 1. The van der Waals surface area contributed by atoms with Crippen LogP contribution in [-0.2, 0) is 15.6 Å². The predicted octanol–water partition coefficient (Wildman–Crippen LogP) is 5.38. The largest absolute Gasteiger partial charge is 0.457 e. The maximum Gasteiger partial charge on any atom is 0.347 e. The number of cyclic esters (lactones) is 2. The van der Waals surface area contributed by atoms with Crippen LogP contribution in [0, 0.1) is 0 Å². The van der Waals surface area contributed by atoms with Gasteiger partial charge in [0.05, 0.1) is 11.1 Å². The van der Waals surface area contributed by atoms with Crippen molar-refractivity contribution in [3.05, 3.63) is 58.7 Å². The Morgan fingerprint density at radius 3 is 1.85 bits per heavy atom. The van der Waals surface area contributed by atoms with Crippen molar-refractivity contribution in [3.63, 3.8) is 0 Å². The second-order valence-corrected chi connectivity index (χ2v) is 8.67. The van der Waals surface area contributed by atoms with Crippen molar-refractivity contribution >= 4 is 11.9 Å². The Balaban J connectivity index is 2.12. The van der Waals surface area contributed by atoms with Gasteiger partial charge in [0, 0.05) is 11.1 Å². The molecule has 0 spiro atoms. The Morgan fingerprint density at radius 2 is 1.31 bits per heavy atom. The number of carbonyl (C=O) groups is 2. The maximum absolute atomic E-state index is 11.8. The summed E-state index contributed by atoms with van der Waals surface area (Å²) in [5.74, 6) is 0.0698. The Bertz CT molecular complexity index is 863. The Kier molecular flexibility index (Phi) is 4.18. The molecule has 0 saturated heterocycles. The van der Waals surface area contributed by atoms with E-state index in [1.54, 1.807) is 18.2 Å². The van der Waals surface area contributed by atoms with Crippen molar-refractivity contribution in [1.82, 2.24) is 0 Å². The highest BCUT2D eigenvalue weighted by atomic mass is 16.6. The lowest BCUT2D eigenvalue weighted by Gasteiger charge is -2.29. The summed E-state index contributed by atoms with van der Waals surface area (Å²) < 4.78 is 10.9. The third-order valence-corrected chi connectivity index (χ3v) is 4.47. The van der Waals surface area contributed by atoms with Gasteiger partial charge in [-0.2, -0.15) is 0 Å². The van der Waals surface area contributed by atoms with Gasteiger partial charge in [-0.05, 0) is 29.0 Å². The molecular formula is C22H24O4. The molecule has 0 atom stereocenters. The van der Waals surface area contributed by atoms with E-state index >= 15 is 0 Å². The van der Waals surface area contributed by atoms with E-state index in [1.165, 1.54) is 0 Å². The van der Waals surface area contributed by atoms with Crippen LogP contribution in [0.4, 0.5) is 0 Å². The molecule has 0 radical (unpaired) electrons. The molecular weight excluding hydrogens is 328 g/mol. The van der Waals surface area contributed by atoms with E-state index in [1.807, 2.05) is 6.07 Å². The standard InChI is InChI=1S/C22H24O4/c1-21(2,3)16-8-7-9-17(22(4,5)6)18(16)25-13-10-11-14-15(12-13)20(24)26-19(14)23/h7-12H,1-6H3. The lowest BCUT2D eigenvalue weighted by atomic mass is 9.79. The lowest BCUT2D eigenvalue weighted by Crippen LogP contribution is -2.18. The van der Waals surface area contributed by atoms with Crippen LogP contribution in [0.1, 0.15) is 73.4 Å². The lowest BCUT2D eigenvalue weighted by molar-refractivity contribution is 0.0443. The molecule has 0 bridgehead atoms. The van der Waals surface area contributed by atoms with E-state index in [0.29, 0.717) is 5.75 Å². The topological polar surface area (TPSA) is 52.6 Å². The highest BCUT2D eigenvalue weighted by molar-refractivity contribution is 6.14. The van der Waals surface area contributed by atoms with Crippen LogP contribution >= 0.6 is 0 Å².